The third-order valence-corrected chi connectivity index (χ3v) is 8.58. The molecule has 2 aliphatic heterocycles. The van der Waals surface area contributed by atoms with E-state index in [2.05, 4.69) is 5.32 Å². The summed E-state index contributed by atoms with van der Waals surface area (Å²) in [6, 6.07) is 2.64. The van der Waals surface area contributed by atoms with Crippen LogP contribution in [-0.4, -0.2) is 66.4 Å². The molecule has 0 aromatic heterocycles. The number of hydrogen-bond donors (Lipinski definition) is 2. The van der Waals surface area contributed by atoms with Gasteiger partial charge in [0.15, 0.2) is 0 Å². The van der Waals surface area contributed by atoms with Crippen molar-refractivity contribution in [2.75, 3.05) is 19.6 Å². The van der Waals surface area contributed by atoms with Crippen LogP contribution in [0.1, 0.15) is 31.2 Å². The van der Waals surface area contributed by atoms with Crippen LogP contribution in [0.2, 0.25) is 0 Å². The van der Waals surface area contributed by atoms with Gasteiger partial charge >= 0.3 is 12.3 Å². The molecule has 1 aromatic carbocycles. The fraction of sp³-hybridized carbons (Fsp3) is 0.600. The van der Waals surface area contributed by atoms with Crippen molar-refractivity contribution in [3.63, 3.8) is 0 Å². The molecule has 32 heavy (non-hydrogen) atoms. The molecule has 3 fully saturated rings. The van der Waals surface area contributed by atoms with Crippen LogP contribution < -0.4 is 5.32 Å². The smallest absolute Gasteiger partial charge is 0.416 e. The van der Waals surface area contributed by atoms with Crippen molar-refractivity contribution in [3.8, 4) is 0 Å². The summed E-state index contributed by atoms with van der Waals surface area (Å²) in [5, 5.41) is 12.2. The first-order chi connectivity index (χ1) is 15.0. The zero-order valence-electron chi connectivity index (χ0n) is 17.1. The van der Waals surface area contributed by atoms with E-state index in [0.717, 1.165) is 23.1 Å². The summed E-state index contributed by atoms with van der Waals surface area (Å²) in [4.78, 5) is 24.7. The standard InChI is InChI=1S/C20H24F3N3O5S/c21-20(22,23)13-3-1-4-14(9-13)32(30,31)25-10-12-6-7-16(15(12)11-25)24-18(27)17-5-2-8-26(17)19(28)29/h1,3-4,9,12,15-17H,2,5-8,10-11H2,(H,24,27)(H,28,29)/t12-,15?,16+,17?/m1/s1. The first-order valence-electron chi connectivity index (χ1n) is 10.5. The lowest BCUT2D eigenvalue weighted by molar-refractivity contribution is -0.137. The molecule has 4 rings (SSSR count). The number of amides is 2. The number of halogens is 3. The summed E-state index contributed by atoms with van der Waals surface area (Å²) in [6.07, 6.45) is -3.42. The second-order valence-corrected chi connectivity index (χ2v) is 10.5. The number of carboxylic acid groups (broad SMARTS) is 1. The number of carbonyl (C=O) groups excluding carboxylic acids is 1. The molecule has 0 spiro atoms. The lowest BCUT2D eigenvalue weighted by Crippen LogP contribution is -2.50. The van der Waals surface area contributed by atoms with E-state index >= 15 is 0 Å². The number of nitrogens with zero attached hydrogens (tertiary/aromatic N) is 2. The molecular weight excluding hydrogens is 451 g/mol. The lowest BCUT2D eigenvalue weighted by atomic mass is 9.97. The minimum atomic E-state index is -4.65. The first kappa shape index (κ1) is 22.8. The van der Waals surface area contributed by atoms with E-state index in [9.17, 15) is 36.3 Å². The number of sulfonamides is 1. The van der Waals surface area contributed by atoms with Crippen molar-refractivity contribution in [2.24, 2.45) is 11.8 Å². The number of nitrogens with one attached hydrogen (secondary N) is 1. The predicted molar refractivity (Wildman–Crippen MR) is 106 cm³/mol. The summed E-state index contributed by atoms with van der Waals surface area (Å²) in [7, 11) is -4.12. The molecule has 3 aliphatic rings. The van der Waals surface area contributed by atoms with Gasteiger partial charge < -0.3 is 10.4 Å². The van der Waals surface area contributed by atoms with Crippen LogP contribution >= 0.6 is 0 Å². The Morgan fingerprint density at radius 1 is 1.12 bits per heavy atom. The highest BCUT2D eigenvalue weighted by molar-refractivity contribution is 7.89. The van der Waals surface area contributed by atoms with E-state index in [0.29, 0.717) is 38.3 Å². The van der Waals surface area contributed by atoms with Gasteiger partial charge in [-0.05, 0) is 55.7 Å². The highest BCUT2D eigenvalue weighted by Crippen LogP contribution is 2.41. The van der Waals surface area contributed by atoms with Crippen LogP contribution in [0, 0.1) is 11.8 Å². The first-order valence-corrected chi connectivity index (χ1v) is 11.9. The normalized spacial score (nSPS) is 28.7. The number of carbonyl (C=O) groups is 2. The molecule has 0 bridgehead atoms. The number of benzene rings is 1. The van der Waals surface area contributed by atoms with Crippen molar-refractivity contribution >= 4 is 22.0 Å². The second-order valence-electron chi connectivity index (χ2n) is 8.60. The average Bonchev–Trinajstić information content (AvgIpc) is 3.44. The van der Waals surface area contributed by atoms with Crippen LogP contribution in [0.15, 0.2) is 29.2 Å². The Morgan fingerprint density at radius 3 is 2.56 bits per heavy atom. The highest BCUT2D eigenvalue weighted by Gasteiger charge is 2.48. The van der Waals surface area contributed by atoms with Gasteiger partial charge in [0.05, 0.1) is 10.5 Å². The zero-order valence-corrected chi connectivity index (χ0v) is 17.9. The topological polar surface area (TPSA) is 107 Å². The molecule has 2 unspecified atom stereocenters. The van der Waals surface area contributed by atoms with Gasteiger partial charge in [-0.2, -0.15) is 17.5 Å². The van der Waals surface area contributed by atoms with Crippen molar-refractivity contribution < 1.29 is 36.3 Å². The van der Waals surface area contributed by atoms with E-state index in [-0.39, 0.29) is 36.9 Å². The number of hydrogen-bond acceptors (Lipinski definition) is 4. The Hall–Kier alpha value is -2.34. The summed E-state index contributed by atoms with van der Waals surface area (Å²) in [5.41, 5.74) is -1.03. The quantitative estimate of drug-likeness (QED) is 0.695. The van der Waals surface area contributed by atoms with E-state index in [4.69, 9.17) is 0 Å². The predicted octanol–water partition coefficient (Wildman–Crippen LogP) is 2.36. The maximum absolute atomic E-state index is 13.0. The number of fused-ring (bicyclic) bond motifs is 1. The molecule has 1 saturated carbocycles. The minimum absolute atomic E-state index is 0.0139. The van der Waals surface area contributed by atoms with Gasteiger partial charge in [0.1, 0.15) is 6.04 Å². The van der Waals surface area contributed by atoms with Gasteiger partial charge in [0.25, 0.3) is 0 Å². The van der Waals surface area contributed by atoms with Gasteiger partial charge in [-0.1, -0.05) is 6.07 Å². The third-order valence-electron chi connectivity index (χ3n) is 6.75. The van der Waals surface area contributed by atoms with Gasteiger partial charge in [0, 0.05) is 25.7 Å². The van der Waals surface area contributed by atoms with Crippen LogP contribution in [0.3, 0.4) is 0 Å². The Bertz CT molecular complexity index is 1020. The molecule has 2 heterocycles. The monoisotopic (exact) mass is 475 g/mol. The van der Waals surface area contributed by atoms with Crippen LogP contribution in [-0.2, 0) is 21.0 Å². The number of alkyl halides is 3. The zero-order chi connectivity index (χ0) is 23.3. The number of rotatable bonds is 4. The number of likely N-dealkylation sites (tertiary alicyclic amines) is 1. The maximum Gasteiger partial charge on any atom is 0.416 e. The van der Waals surface area contributed by atoms with Crippen LogP contribution in [0.5, 0.6) is 0 Å². The fourth-order valence-corrected chi connectivity index (χ4v) is 6.71. The molecule has 1 aliphatic carbocycles. The van der Waals surface area contributed by atoms with Crippen molar-refractivity contribution in [1.29, 1.82) is 0 Å². The average molecular weight is 475 g/mol. The Morgan fingerprint density at radius 2 is 1.88 bits per heavy atom. The second kappa shape index (κ2) is 8.22. The van der Waals surface area contributed by atoms with E-state index in [1.54, 1.807) is 0 Å². The van der Waals surface area contributed by atoms with Crippen molar-refractivity contribution in [1.82, 2.24) is 14.5 Å². The minimum Gasteiger partial charge on any atom is -0.465 e. The summed E-state index contributed by atoms with van der Waals surface area (Å²) >= 11 is 0. The molecule has 8 nitrogen and oxygen atoms in total. The molecule has 2 saturated heterocycles. The lowest BCUT2D eigenvalue weighted by Gasteiger charge is -2.26. The third kappa shape index (κ3) is 4.17. The molecule has 2 N–H and O–H groups in total. The van der Waals surface area contributed by atoms with Crippen molar-refractivity contribution in [3.05, 3.63) is 29.8 Å². The molecule has 12 heteroatoms. The summed E-state index contributed by atoms with van der Waals surface area (Å²) < 4.78 is 66.2. The van der Waals surface area contributed by atoms with Gasteiger partial charge in [-0.25, -0.2) is 13.2 Å². The molecule has 4 atom stereocenters. The summed E-state index contributed by atoms with van der Waals surface area (Å²) in [5.74, 6) is -0.561. The van der Waals surface area contributed by atoms with Crippen molar-refractivity contribution in [2.45, 2.75) is 48.8 Å². The maximum atomic E-state index is 13.0. The van der Waals surface area contributed by atoms with Crippen LogP contribution in [0.25, 0.3) is 0 Å². The van der Waals surface area contributed by atoms with Crippen LogP contribution in [0.4, 0.5) is 18.0 Å². The molecule has 176 valence electrons. The Balaban J connectivity index is 1.46. The molecule has 2 amide bonds. The molecular formula is C20H24F3N3O5S. The van der Waals surface area contributed by atoms with E-state index < -0.39 is 38.8 Å². The fourth-order valence-electron chi connectivity index (χ4n) is 5.13. The Kier molecular flexibility index (Phi) is 5.86. The van der Waals surface area contributed by atoms with Gasteiger partial charge in [-0.3, -0.25) is 9.69 Å². The highest BCUT2D eigenvalue weighted by atomic mass is 32.2. The Labute approximate surface area is 183 Å². The summed E-state index contributed by atoms with van der Waals surface area (Å²) in [6.45, 7) is 0.578. The SMILES string of the molecule is O=C(N[C@H]1CC[C@@H]2CN(S(=O)(=O)c3cccc(C(F)(F)F)c3)CC21)C1CCCN1C(=O)O. The van der Waals surface area contributed by atoms with Gasteiger partial charge in [-0.15, -0.1) is 0 Å². The van der Waals surface area contributed by atoms with Gasteiger partial charge in [0.2, 0.25) is 15.9 Å². The van der Waals surface area contributed by atoms with E-state index in [1.165, 1.54) is 4.31 Å². The van der Waals surface area contributed by atoms with E-state index in [1.807, 2.05) is 0 Å². The molecule has 0 radical (unpaired) electrons. The largest absolute Gasteiger partial charge is 0.465 e. The molecule has 1 aromatic rings.